The maximum Gasteiger partial charge on any atom is 0.584 e. The van der Waals surface area contributed by atoms with Gasteiger partial charge in [-0.3, -0.25) is 4.89 Å². The number of phosphoric acid groups is 1. The van der Waals surface area contributed by atoms with Crippen LogP contribution in [0.15, 0.2) is 109 Å². The van der Waals surface area contributed by atoms with Crippen molar-refractivity contribution < 1.29 is 62.4 Å². The molecule has 9 rings (SSSR count). The molecular formula is C44H19F10O4P. The molecule has 8 aromatic carbocycles. The Morgan fingerprint density at radius 2 is 0.661 bits per heavy atom. The van der Waals surface area contributed by atoms with Gasteiger partial charge in [-0.1, -0.05) is 97.1 Å². The third-order valence-corrected chi connectivity index (χ3v) is 10.9. The van der Waals surface area contributed by atoms with Crippen LogP contribution >= 0.6 is 7.82 Å². The molecule has 8 aromatic rings. The summed E-state index contributed by atoms with van der Waals surface area (Å²) in [6.07, 6.45) is 0. The highest BCUT2D eigenvalue weighted by Crippen LogP contribution is 2.61. The van der Waals surface area contributed by atoms with Gasteiger partial charge < -0.3 is 9.05 Å². The molecule has 1 aliphatic heterocycles. The highest BCUT2D eigenvalue weighted by Gasteiger charge is 2.38. The fraction of sp³-hybridized carbons (Fsp3) is 0. The van der Waals surface area contributed by atoms with E-state index in [2.05, 4.69) is 0 Å². The fourth-order valence-electron chi connectivity index (χ4n) is 7.37. The van der Waals surface area contributed by atoms with Gasteiger partial charge >= 0.3 is 7.82 Å². The van der Waals surface area contributed by atoms with Gasteiger partial charge in [0.25, 0.3) is 0 Å². The molecule has 1 heterocycles. The Kier molecular flexibility index (Phi) is 8.84. The van der Waals surface area contributed by atoms with Crippen LogP contribution in [0, 0.1) is 58.2 Å². The highest BCUT2D eigenvalue weighted by molar-refractivity contribution is 7.48. The molecule has 0 bridgehead atoms. The minimum Gasteiger partial charge on any atom is -0.394 e. The normalized spacial score (nSPS) is 13.1. The Balaban J connectivity index is 1.28. The van der Waals surface area contributed by atoms with Gasteiger partial charge in [0, 0.05) is 22.3 Å². The van der Waals surface area contributed by atoms with E-state index in [9.17, 15) is 53.4 Å². The minimum absolute atomic E-state index is 0.162. The van der Waals surface area contributed by atoms with Gasteiger partial charge in [-0.25, -0.2) is 48.5 Å². The molecular weight excluding hydrogens is 813 g/mol. The molecule has 0 radical (unpaired) electrons. The lowest BCUT2D eigenvalue weighted by molar-refractivity contribution is 0.295. The number of hydrogen-bond donors (Lipinski definition) is 1. The highest BCUT2D eigenvalue weighted by atomic mass is 31.2. The number of hydrogen-bond acceptors (Lipinski definition) is 3. The van der Waals surface area contributed by atoms with Crippen molar-refractivity contribution in [3.8, 4) is 67.1 Å². The molecule has 1 N–H and O–H groups in total. The summed E-state index contributed by atoms with van der Waals surface area (Å²) >= 11 is 0. The van der Waals surface area contributed by atoms with Crippen LogP contribution in [0.4, 0.5) is 43.9 Å². The first-order chi connectivity index (χ1) is 28.2. The predicted octanol–water partition coefficient (Wildman–Crippen LogP) is 13.6. The largest absolute Gasteiger partial charge is 0.584 e. The summed E-state index contributed by atoms with van der Waals surface area (Å²) < 4.78 is 169. The first-order valence-corrected chi connectivity index (χ1v) is 18.7. The van der Waals surface area contributed by atoms with Crippen LogP contribution < -0.4 is 9.05 Å². The van der Waals surface area contributed by atoms with Gasteiger partial charge in [0.2, 0.25) is 11.6 Å². The van der Waals surface area contributed by atoms with Gasteiger partial charge in [-0.2, -0.15) is 0 Å². The molecule has 0 atom stereocenters. The van der Waals surface area contributed by atoms with E-state index < -0.39 is 77.1 Å². The maximum atomic E-state index is 14.8. The van der Waals surface area contributed by atoms with Crippen molar-refractivity contribution in [2.24, 2.45) is 0 Å². The summed E-state index contributed by atoms with van der Waals surface area (Å²) in [4.78, 5) is 11.3. The van der Waals surface area contributed by atoms with Crippen molar-refractivity contribution in [2.75, 3.05) is 0 Å². The first kappa shape index (κ1) is 37.9. The lowest BCUT2D eigenvalue weighted by Crippen LogP contribution is -2.04. The van der Waals surface area contributed by atoms with Crippen LogP contribution in [-0.2, 0) is 4.57 Å². The zero-order chi connectivity index (χ0) is 41.7. The molecule has 294 valence electrons. The van der Waals surface area contributed by atoms with Gasteiger partial charge in [0.15, 0.2) is 46.5 Å². The van der Waals surface area contributed by atoms with Crippen LogP contribution in [0.25, 0.3) is 77.2 Å². The van der Waals surface area contributed by atoms with Gasteiger partial charge in [-0.15, -0.1) is 0 Å². The zero-order valence-electron chi connectivity index (χ0n) is 29.3. The van der Waals surface area contributed by atoms with Crippen molar-refractivity contribution in [3.63, 3.8) is 0 Å². The number of benzene rings is 8. The summed E-state index contributed by atoms with van der Waals surface area (Å²) in [6, 6.07) is 26.6. The van der Waals surface area contributed by atoms with E-state index in [4.69, 9.17) is 9.05 Å². The Bertz CT molecular complexity index is 2890. The quantitative estimate of drug-likeness (QED) is 0.0831. The fourth-order valence-corrected chi connectivity index (χ4v) is 8.25. The smallest absolute Gasteiger partial charge is 0.394 e. The molecule has 4 nitrogen and oxygen atoms in total. The van der Waals surface area contributed by atoms with E-state index in [0.717, 1.165) is 24.3 Å². The first-order valence-electron chi connectivity index (χ1n) is 17.2. The molecule has 0 amide bonds. The summed E-state index contributed by atoms with van der Waals surface area (Å²) in [5.74, 6) is -21.7. The number of rotatable bonds is 4. The van der Waals surface area contributed by atoms with Crippen LogP contribution in [0.3, 0.4) is 0 Å². The van der Waals surface area contributed by atoms with Crippen LogP contribution in [-0.4, -0.2) is 4.89 Å². The molecule has 15 heteroatoms. The average molecular weight is 833 g/mol. The van der Waals surface area contributed by atoms with Gasteiger partial charge in [0.05, 0.1) is 11.1 Å². The van der Waals surface area contributed by atoms with E-state index in [1.807, 2.05) is 0 Å². The Hall–Kier alpha value is -6.63. The summed E-state index contributed by atoms with van der Waals surface area (Å²) in [5, 5.41) is 2.13. The minimum atomic E-state index is -5.15. The lowest BCUT2D eigenvalue weighted by atomic mass is 9.86. The second-order valence-electron chi connectivity index (χ2n) is 13.4. The van der Waals surface area contributed by atoms with E-state index in [-0.39, 0.29) is 56.0 Å². The van der Waals surface area contributed by atoms with Crippen molar-refractivity contribution in [1.82, 2.24) is 0 Å². The van der Waals surface area contributed by atoms with Gasteiger partial charge in [0.1, 0.15) is 11.5 Å². The van der Waals surface area contributed by atoms with E-state index in [1.54, 1.807) is 60.7 Å². The van der Waals surface area contributed by atoms with Crippen molar-refractivity contribution in [1.29, 1.82) is 0 Å². The van der Waals surface area contributed by atoms with Crippen LogP contribution in [0.5, 0.6) is 11.5 Å². The number of phosphoric ester groups is 1. The number of halogens is 10. The lowest BCUT2D eigenvalue weighted by Gasteiger charge is -2.19. The second-order valence-corrected chi connectivity index (χ2v) is 14.7. The molecule has 0 fully saturated rings. The Morgan fingerprint density at radius 3 is 1.00 bits per heavy atom. The molecule has 59 heavy (non-hydrogen) atoms. The van der Waals surface area contributed by atoms with Crippen LogP contribution in [0.2, 0.25) is 0 Å². The monoisotopic (exact) mass is 832 g/mol. The Labute approximate surface area is 325 Å². The molecule has 0 aliphatic carbocycles. The standard InChI is InChI=1S/C44H19F10O4P/c45-33-29(34(46)38(50)41(53)37(33)49)21-13-9-19(10-14-21)27-17-23-5-1-3-7-25(23)31-32-26-8-4-2-6-24(26)18-28(44(32)58-59(55,56)57-43(27)31)20-11-15-22(16-12-20)30-35(47)39(51)42(54)40(52)36(30)48/h1-18H,(H,55,56). The van der Waals surface area contributed by atoms with Crippen molar-refractivity contribution >= 4 is 29.4 Å². The molecule has 0 spiro atoms. The van der Waals surface area contributed by atoms with E-state index in [1.165, 1.54) is 24.3 Å². The summed E-state index contributed by atoms with van der Waals surface area (Å²) in [6.45, 7) is 0. The summed E-state index contributed by atoms with van der Waals surface area (Å²) in [7, 11) is -5.15. The van der Waals surface area contributed by atoms with Crippen LogP contribution in [0.1, 0.15) is 0 Å². The van der Waals surface area contributed by atoms with Gasteiger partial charge in [-0.05, 0) is 55.9 Å². The molecule has 0 saturated carbocycles. The summed E-state index contributed by atoms with van der Waals surface area (Å²) in [5.41, 5.74) is -1.77. The van der Waals surface area contributed by atoms with E-state index in [0.29, 0.717) is 21.5 Å². The topological polar surface area (TPSA) is 55.8 Å². The molecule has 1 aliphatic rings. The Morgan fingerprint density at radius 1 is 0.373 bits per heavy atom. The second kappa shape index (κ2) is 13.7. The molecule has 0 saturated heterocycles. The molecule has 0 unspecified atom stereocenters. The third kappa shape index (κ3) is 5.92. The third-order valence-electron chi connectivity index (χ3n) is 10.1. The van der Waals surface area contributed by atoms with Crippen molar-refractivity contribution in [3.05, 3.63) is 167 Å². The predicted molar refractivity (Wildman–Crippen MR) is 199 cm³/mol. The zero-order valence-corrected chi connectivity index (χ0v) is 30.2. The number of fused-ring (bicyclic) bond motifs is 7. The van der Waals surface area contributed by atoms with E-state index >= 15 is 0 Å². The SMILES string of the molecule is O=P1(O)Oc2c(-c3ccc(-c4c(F)c(F)c(F)c(F)c4F)cc3)cc3ccccc3c2-c2c(c(-c3ccc(-c4c(F)c(F)c(F)c(F)c4F)cc3)cc3ccccc23)O1. The molecule has 0 aromatic heterocycles. The van der Waals surface area contributed by atoms with Crippen molar-refractivity contribution in [2.45, 2.75) is 0 Å². The maximum absolute atomic E-state index is 14.8. The average Bonchev–Trinajstić information content (AvgIpc) is 3.37.